The Labute approximate surface area is 106 Å². The highest BCUT2D eigenvalue weighted by molar-refractivity contribution is 5.92. The fraction of sp³-hybridized carbons (Fsp3) is 0.214. The molecule has 18 heavy (non-hydrogen) atoms. The Hall–Kier alpha value is -2.23. The lowest BCUT2D eigenvalue weighted by molar-refractivity contribution is -0.118. The van der Waals surface area contributed by atoms with Crippen LogP contribution in [0.1, 0.15) is 17.9 Å². The van der Waals surface area contributed by atoms with Crippen LogP contribution >= 0.6 is 0 Å². The molecule has 92 valence electrons. The molecule has 3 rings (SSSR count). The monoisotopic (exact) mass is 241 g/mol. The molecule has 1 atom stereocenters. The first-order chi connectivity index (χ1) is 8.84. The van der Waals surface area contributed by atoms with E-state index in [4.69, 9.17) is 0 Å². The zero-order valence-electron chi connectivity index (χ0n) is 9.97. The lowest BCUT2D eigenvalue weighted by atomic mass is 9.90. The first kappa shape index (κ1) is 10.9. The number of carbonyl (C=O) groups excluding carboxylic acids is 1. The number of para-hydroxylation sites is 1. The van der Waals surface area contributed by atoms with Gasteiger partial charge in [0.25, 0.3) is 0 Å². The van der Waals surface area contributed by atoms with Crippen LogP contribution in [0.5, 0.6) is 0 Å². The van der Waals surface area contributed by atoms with Crippen LogP contribution in [0, 0.1) is 0 Å². The lowest BCUT2D eigenvalue weighted by Gasteiger charge is -2.25. The Morgan fingerprint density at radius 2 is 2.00 bits per heavy atom. The number of benzene rings is 1. The van der Waals surface area contributed by atoms with E-state index in [1.54, 1.807) is 4.68 Å². The number of amides is 1. The summed E-state index contributed by atoms with van der Waals surface area (Å²) in [4.78, 5) is 12.3. The van der Waals surface area contributed by atoms with Crippen molar-refractivity contribution in [2.24, 2.45) is 0 Å². The van der Waals surface area contributed by atoms with Gasteiger partial charge in [0, 0.05) is 24.6 Å². The van der Waals surface area contributed by atoms with E-state index in [0.717, 1.165) is 24.2 Å². The zero-order valence-corrected chi connectivity index (χ0v) is 9.97. The molecule has 2 N–H and O–H groups in total. The van der Waals surface area contributed by atoms with Gasteiger partial charge in [-0.1, -0.05) is 18.2 Å². The summed E-state index contributed by atoms with van der Waals surface area (Å²) in [7, 11) is 0. The maximum atomic E-state index is 12.3. The Balaban J connectivity index is 1.83. The minimum absolute atomic E-state index is 0.0418. The second-order valence-corrected chi connectivity index (χ2v) is 4.42. The summed E-state index contributed by atoms with van der Waals surface area (Å²) in [5.41, 5.74) is 5.03. The quantitative estimate of drug-likeness (QED) is 0.846. The Kier molecular flexibility index (Phi) is 2.76. The van der Waals surface area contributed by atoms with Gasteiger partial charge < -0.3 is 5.32 Å². The third-order valence-electron chi connectivity index (χ3n) is 3.24. The highest BCUT2D eigenvalue weighted by Crippen LogP contribution is 2.31. The summed E-state index contributed by atoms with van der Waals surface area (Å²) in [6, 6.07) is 11.8. The van der Waals surface area contributed by atoms with Crippen LogP contribution < -0.4 is 10.7 Å². The molecule has 1 aromatic heterocycles. The SMILES string of the molecule is O=C(Nn1cccc1)C1CCNc2ccccc21. The minimum atomic E-state index is -0.0788. The molecule has 4 nitrogen and oxygen atoms in total. The maximum absolute atomic E-state index is 12.3. The number of rotatable bonds is 2. The number of fused-ring (bicyclic) bond motifs is 1. The summed E-state index contributed by atoms with van der Waals surface area (Å²) in [5, 5.41) is 3.32. The topological polar surface area (TPSA) is 46.1 Å². The number of carbonyl (C=O) groups is 1. The highest BCUT2D eigenvalue weighted by atomic mass is 16.2. The van der Waals surface area contributed by atoms with Crippen LogP contribution in [0.2, 0.25) is 0 Å². The Morgan fingerprint density at radius 1 is 1.22 bits per heavy atom. The van der Waals surface area contributed by atoms with Crippen LogP contribution in [-0.2, 0) is 4.79 Å². The molecule has 1 amide bonds. The molecule has 1 aliphatic heterocycles. The molecular weight excluding hydrogens is 226 g/mol. The van der Waals surface area contributed by atoms with Gasteiger partial charge in [0.2, 0.25) is 5.91 Å². The summed E-state index contributed by atoms with van der Waals surface area (Å²) in [6.45, 7) is 0.834. The number of anilines is 1. The van der Waals surface area contributed by atoms with Gasteiger partial charge in [0.05, 0.1) is 5.92 Å². The van der Waals surface area contributed by atoms with Crippen LogP contribution in [0.3, 0.4) is 0 Å². The van der Waals surface area contributed by atoms with Crippen molar-refractivity contribution < 1.29 is 4.79 Å². The van der Waals surface area contributed by atoms with E-state index in [1.165, 1.54) is 0 Å². The highest BCUT2D eigenvalue weighted by Gasteiger charge is 2.26. The fourth-order valence-electron chi connectivity index (χ4n) is 2.36. The van der Waals surface area contributed by atoms with Crippen LogP contribution in [0.15, 0.2) is 48.8 Å². The molecule has 0 spiro atoms. The van der Waals surface area contributed by atoms with E-state index < -0.39 is 0 Å². The van der Waals surface area contributed by atoms with Crippen molar-refractivity contribution in [2.75, 3.05) is 17.3 Å². The first-order valence-corrected chi connectivity index (χ1v) is 6.11. The number of nitrogens with zero attached hydrogens (tertiary/aromatic N) is 1. The molecule has 1 unspecified atom stereocenters. The molecule has 2 aromatic rings. The standard InChI is InChI=1S/C14H15N3O/c18-14(16-17-9-3-4-10-17)12-7-8-15-13-6-2-1-5-11(12)13/h1-6,9-10,12,15H,7-8H2,(H,16,18). The molecule has 4 heteroatoms. The number of nitrogens with one attached hydrogen (secondary N) is 2. The van der Waals surface area contributed by atoms with Gasteiger partial charge in [-0.3, -0.25) is 14.9 Å². The van der Waals surface area contributed by atoms with E-state index in [1.807, 2.05) is 48.8 Å². The fourth-order valence-corrected chi connectivity index (χ4v) is 2.36. The van der Waals surface area contributed by atoms with Crippen LogP contribution in [0.25, 0.3) is 0 Å². The van der Waals surface area contributed by atoms with Crippen molar-refractivity contribution >= 4 is 11.6 Å². The summed E-state index contributed by atoms with van der Waals surface area (Å²) >= 11 is 0. The molecule has 0 fully saturated rings. The second kappa shape index (κ2) is 4.56. The third-order valence-corrected chi connectivity index (χ3v) is 3.24. The van der Waals surface area contributed by atoms with Crippen molar-refractivity contribution in [1.29, 1.82) is 0 Å². The molecule has 0 saturated heterocycles. The van der Waals surface area contributed by atoms with E-state index in [0.29, 0.717) is 0 Å². The van der Waals surface area contributed by atoms with E-state index in [9.17, 15) is 4.79 Å². The smallest absolute Gasteiger partial charge is 0.246 e. The molecule has 0 bridgehead atoms. The van der Waals surface area contributed by atoms with Crippen LogP contribution in [0.4, 0.5) is 5.69 Å². The zero-order chi connectivity index (χ0) is 12.4. The Bertz CT molecular complexity index is 548. The van der Waals surface area contributed by atoms with E-state index in [-0.39, 0.29) is 11.8 Å². The summed E-state index contributed by atoms with van der Waals surface area (Å²) < 4.78 is 1.69. The van der Waals surface area contributed by atoms with Gasteiger partial charge in [-0.25, -0.2) is 0 Å². The first-order valence-electron chi connectivity index (χ1n) is 6.11. The summed E-state index contributed by atoms with van der Waals surface area (Å²) in [5.74, 6) is -0.0370. The largest absolute Gasteiger partial charge is 0.385 e. The van der Waals surface area contributed by atoms with E-state index >= 15 is 0 Å². The molecule has 1 aromatic carbocycles. The average Bonchev–Trinajstić information content (AvgIpc) is 2.91. The van der Waals surface area contributed by atoms with Crippen molar-refractivity contribution in [2.45, 2.75) is 12.3 Å². The van der Waals surface area contributed by atoms with Gasteiger partial charge in [0.15, 0.2) is 0 Å². The predicted octanol–water partition coefficient (Wildman–Crippen LogP) is 2.16. The van der Waals surface area contributed by atoms with E-state index in [2.05, 4.69) is 10.7 Å². The normalized spacial score (nSPS) is 17.7. The van der Waals surface area contributed by atoms with Gasteiger partial charge >= 0.3 is 0 Å². The third kappa shape index (κ3) is 1.97. The predicted molar refractivity (Wildman–Crippen MR) is 71.1 cm³/mol. The van der Waals surface area contributed by atoms with Gasteiger partial charge in [0.1, 0.15) is 0 Å². The molecule has 0 saturated carbocycles. The molecule has 2 heterocycles. The van der Waals surface area contributed by atoms with Crippen molar-refractivity contribution in [3.8, 4) is 0 Å². The molecular formula is C14H15N3O. The maximum Gasteiger partial charge on any atom is 0.246 e. The van der Waals surface area contributed by atoms with Crippen molar-refractivity contribution in [3.63, 3.8) is 0 Å². The van der Waals surface area contributed by atoms with Crippen LogP contribution in [-0.4, -0.2) is 17.1 Å². The second-order valence-electron chi connectivity index (χ2n) is 4.42. The number of aromatic nitrogens is 1. The number of hydrogen-bond acceptors (Lipinski definition) is 2. The van der Waals surface area contributed by atoms with Crippen molar-refractivity contribution in [1.82, 2.24) is 4.68 Å². The summed E-state index contributed by atoms with van der Waals surface area (Å²) in [6.07, 6.45) is 4.47. The number of hydrogen-bond donors (Lipinski definition) is 2. The Morgan fingerprint density at radius 3 is 2.83 bits per heavy atom. The average molecular weight is 241 g/mol. The molecule has 1 aliphatic rings. The minimum Gasteiger partial charge on any atom is -0.385 e. The van der Waals surface area contributed by atoms with Crippen molar-refractivity contribution in [3.05, 3.63) is 54.4 Å². The van der Waals surface area contributed by atoms with Gasteiger partial charge in [-0.05, 0) is 30.2 Å². The van der Waals surface area contributed by atoms with Gasteiger partial charge in [-0.15, -0.1) is 0 Å². The molecule has 0 radical (unpaired) electrons. The van der Waals surface area contributed by atoms with Gasteiger partial charge in [-0.2, -0.15) is 0 Å². The lowest BCUT2D eigenvalue weighted by Crippen LogP contribution is -2.31. The molecule has 0 aliphatic carbocycles.